The number of amides is 2. The molecule has 0 saturated carbocycles. The zero-order valence-corrected chi connectivity index (χ0v) is 15.4. The zero-order valence-electron chi connectivity index (χ0n) is 15.4. The van der Waals surface area contributed by atoms with E-state index in [-0.39, 0.29) is 11.8 Å². The van der Waals surface area contributed by atoms with E-state index in [2.05, 4.69) is 19.9 Å². The molecule has 1 aromatic carbocycles. The van der Waals surface area contributed by atoms with Gasteiger partial charge in [0.25, 0.3) is 0 Å². The molecule has 0 unspecified atom stereocenters. The van der Waals surface area contributed by atoms with Crippen molar-refractivity contribution in [2.45, 2.75) is 52.0 Å². The van der Waals surface area contributed by atoms with Gasteiger partial charge in [-0.3, -0.25) is 9.59 Å². The van der Waals surface area contributed by atoms with Crippen molar-refractivity contribution >= 4 is 11.8 Å². The molecule has 0 radical (unpaired) electrons. The predicted octanol–water partition coefficient (Wildman–Crippen LogP) is 3.31. The summed E-state index contributed by atoms with van der Waals surface area (Å²) >= 11 is 0. The Morgan fingerprint density at radius 1 is 1.28 bits per heavy atom. The number of hydrogen-bond donors (Lipinski definition) is 1. The van der Waals surface area contributed by atoms with Gasteiger partial charge >= 0.3 is 0 Å². The third-order valence-corrected chi connectivity index (χ3v) is 4.76. The van der Waals surface area contributed by atoms with Crippen LogP contribution in [0.3, 0.4) is 0 Å². The minimum absolute atomic E-state index is 0.0194. The van der Waals surface area contributed by atoms with E-state index >= 15 is 0 Å². The van der Waals surface area contributed by atoms with Crippen LogP contribution in [0.1, 0.15) is 45.1 Å². The lowest BCUT2D eigenvalue weighted by Crippen LogP contribution is -2.46. The van der Waals surface area contributed by atoms with Crippen molar-refractivity contribution in [3.8, 4) is 0 Å². The Labute approximate surface area is 151 Å². The van der Waals surface area contributed by atoms with Crippen LogP contribution >= 0.6 is 0 Å². The van der Waals surface area contributed by atoms with E-state index < -0.39 is 11.9 Å². The van der Waals surface area contributed by atoms with E-state index in [1.165, 1.54) is 0 Å². The summed E-state index contributed by atoms with van der Waals surface area (Å²) in [5.41, 5.74) is 6.61. The molecule has 1 saturated heterocycles. The van der Waals surface area contributed by atoms with Crippen LogP contribution in [-0.2, 0) is 16.0 Å². The lowest BCUT2D eigenvalue weighted by Gasteiger charge is -2.26. The number of primary amides is 1. The largest absolute Gasteiger partial charge is 0.368 e. The first-order valence-corrected chi connectivity index (χ1v) is 9.29. The van der Waals surface area contributed by atoms with Crippen molar-refractivity contribution in [1.29, 1.82) is 0 Å². The van der Waals surface area contributed by atoms with Crippen molar-refractivity contribution in [2.75, 3.05) is 6.54 Å². The third kappa shape index (κ3) is 5.73. The second-order valence-electron chi connectivity index (χ2n) is 7.29. The molecule has 2 amide bonds. The van der Waals surface area contributed by atoms with Gasteiger partial charge in [-0.15, -0.1) is 0 Å². The van der Waals surface area contributed by atoms with E-state index in [1.54, 1.807) is 4.90 Å². The summed E-state index contributed by atoms with van der Waals surface area (Å²) < 4.78 is 0. The summed E-state index contributed by atoms with van der Waals surface area (Å²) in [6, 6.07) is 9.58. The lowest BCUT2D eigenvalue weighted by atomic mass is 9.96. The quantitative estimate of drug-likeness (QED) is 0.737. The number of rotatable bonds is 8. The monoisotopic (exact) mass is 342 g/mol. The van der Waals surface area contributed by atoms with Gasteiger partial charge in [0.05, 0.1) is 5.92 Å². The molecular formula is C21H30N2O2. The highest BCUT2D eigenvalue weighted by Crippen LogP contribution is 2.22. The molecule has 1 aromatic rings. The van der Waals surface area contributed by atoms with Gasteiger partial charge in [0.15, 0.2) is 0 Å². The van der Waals surface area contributed by atoms with Crippen LogP contribution in [0, 0.1) is 11.8 Å². The van der Waals surface area contributed by atoms with E-state index in [9.17, 15) is 9.59 Å². The number of likely N-dealkylation sites (tertiary alicyclic amines) is 1. The Hall–Kier alpha value is -2.10. The molecule has 4 nitrogen and oxygen atoms in total. The molecule has 1 aliphatic heterocycles. The van der Waals surface area contributed by atoms with Gasteiger partial charge < -0.3 is 10.6 Å². The molecule has 2 atom stereocenters. The van der Waals surface area contributed by atoms with Crippen LogP contribution in [0.25, 0.3) is 0 Å². The summed E-state index contributed by atoms with van der Waals surface area (Å²) in [5, 5.41) is 0. The smallest absolute Gasteiger partial charge is 0.240 e. The van der Waals surface area contributed by atoms with Crippen LogP contribution in [0.5, 0.6) is 0 Å². The number of benzene rings is 1. The minimum Gasteiger partial charge on any atom is -0.368 e. The second-order valence-corrected chi connectivity index (χ2v) is 7.29. The highest BCUT2D eigenvalue weighted by Gasteiger charge is 2.35. The molecule has 2 N–H and O–H groups in total. The number of hydrogen-bond acceptors (Lipinski definition) is 2. The highest BCUT2D eigenvalue weighted by atomic mass is 16.2. The Morgan fingerprint density at radius 2 is 2.00 bits per heavy atom. The molecular weight excluding hydrogens is 312 g/mol. The van der Waals surface area contributed by atoms with Gasteiger partial charge in [-0.25, -0.2) is 0 Å². The summed E-state index contributed by atoms with van der Waals surface area (Å²) in [6.07, 6.45) is 8.38. The first-order chi connectivity index (χ1) is 12.0. The summed E-state index contributed by atoms with van der Waals surface area (Å²) in [6.45, 7) is 5.02. The Morgan fingerprint density at radius 3 is 2.64 bits per heavy atom. The maximum Gasteiger partial charge on any atom is 0.240 e. The normalized spacial score (nSPS) is 18.8. The lowest BCUT2D eigenvalue weighted by molar-refractivity contribution is -0.139. The van der Waals surface area contributed by atoms with E-state index in [0.29, 0.717) is 25.3 Å². The predicted molar refractivity (Wildman–Crippen MR) is 101 cm³/mol. The fraction of sp³-hybridized carbons (Fsp3) is 0.524. The fourth-order valence-corrected chi connectivity index (χ4v) is 3.34. The van der Waals surface area contributed by atoms with Gasteiger partial charge in [0, 0.05) is 6.54 Å². The SMILES string of the molecule is CC(C)CC/C=C/[C@H](Cc1ccccc1)C(=O)N1CCC[C@H]1C(N)=O. The Balaban J connectivity index is 2.12. The molecule has 0 bridgehead atoms. The maximum atomic E-state index is 13.1. The molecule has 25 heavy (non-hydrogen) atoms. The third-order valence-electron chi connectivity index (χ3n) is 4.76. The van der Waals surface area contributed by atoms with Crippen LogP contribution in [0.2, 0.25) is 0 Å². The second kappa shape index (κ2) is 9.40. The van der Waals surface area contributed by atoms with Crippen LogP contribution in [-0.4, -0.2) is 29.3 Å². The average molecular weight is 342 g/mol. The van der Waals surface area contributed by atoms with Crippen LogP contribution < -0.4 is 5.73 Å². The summed E-state index contributed by atoms with van der Waals surface area (Å²) in [5.74, 6) is 0.0271. The molecule has 1 fully saturated rings. The average Bonchev–Trinajstić information content (AvgIpc) is 3.07. The molecule has 2 rings (SSSR count). The topological polar surface area (TPSA) is 63.4 Å². The van der Waals surface area contributed by atoms with E-state index in [0.717, 1.165) is 24.8 Å². The number of carbonyl (C=O) groups excluding carboxylic acids is 2. The fourth-order valence-electron chi connectivity index (χ4n) is 3.34. The molecule has 0 spiro atoms. The highest BCUT2D eigenvalue weighted by molar-refractivity contribution is 5.89. The van der Waals surface area contributed by atoms with E-state index in [1.807, 2.05) is 36.4 Å². The van der Waals surface area contributed by atoms with Gasteiger partial charge in [-0.1, -0.05) is 56.3 Å². The first kappa shape index (κ1) is 19.2. The summed E-state index contributed by atoms with van der Waals surface area (Å²) in [4.78, 5) is 26.4. The number of carbonyl (C=O) groups is 2. The minimum atomic E-state index is -0.449. The van der Waals surface area contributed by atoms with Gasteiger partial charge in [-0.05, 0) is 43.6 Å². The molecule has 1 aliphatic rings. The molecule has 0 aliphatic carbocycles. The van der Waals surface area contributed by atoms with Gasteiger partial charge in [-0.2, -0.15) is 0 Å². The molecule has 4 heteroatoms. The van der Waals surface area contributed by atoms with Crippen molar-refractivity contribution in [3.05, 3.63) is 48.0 Å². The van der Waals surface area contributed by atoms with Gasteiger partial charge in [0.2, 0.25) is 11.8 Å². The van der Waals surface area contributed by atoms with Crippen molar-refractivity contribution in [1.82, 2.24) is 4.90 Å². The van der Waals surface area contributed by atoms with E-state index in [4.69, 9.17) is 5.73 Å². The number of nitrogens with two attached hydrogens (primary N) is 1. The van der Waals surface area contributed by atoms with Crippen LogP contribution in [0.4, 0.5) is 0 Å². The van der Waals surface area contributed by atoms with Gasteiger partial charge in [0.1, 0.15) is 6.04 Å². The number of allylic oxidation sites excluding steroid dienone is 1. The van der Waals surface area contributed by atoms with Crippen molar-refractivity contribution in [3.63, 3.8) is 0 Å². The Bertz CT molecular complexity index is 595. The molecule has 1 heterocycles. The molecule has 136 valence electrons. The zero-order chi connectivity index (χ0) is 18.2. The van der Waals surface area contributed by atoms with Crippen LogP contribution in [0.15, 0.2) is 42.5 Å². The standard InChI is InChI=1S/C21H30N2O2/c1-16(2)9-6-7-12-18(15-17-10-4-3-5-11-17)21(25)23-14-8-13-19(23)20(22)24/h3-5,7,10-12,16,18-19H,6,8-9,13-15H2,1-2H3,(H2,22,24)/b12-7+/t18-,19+/m1/s1. The van der Waals surface area contributed by atoms with Crippen molar-refractivity contribution in [2.24, 2.45) is 17.6 Å². The first-order valence-electron chi connectivity index (χ1n) is 9.29. The molecule has 0 aromatic heterocycles. The number of nitrogens with zero attached hydrogens (tertiary/aromatic N) is 1. The summed E-state index contributed by atoms with van der Waals surface area (Å²) in [7, 11) is 0. The Kier molecular flexibility index (Phi) is 7.23. The van der Waals surface area contributed by atoms with Crippen molar-refractivity contribution < 1.29 is 9.59 Å². The maximum absolute atomic E-state index is 13.1.